The molecule has 17 heavy (non-hydrogen) atoms. The van der Waals surface area contributed by atoms with Crippen molar-refractivity contribution in [3.05, 3.63) is 0 Å². The molecule has 6 heteroatoms. The number of nitrogens with two attached hydrogens (primary N) is 1. The van der Waals surface area contributed by atoms with Crippen molar-refractivity contribution in [2.24, 2.45) is 10.8 Å². The Labute approximate surface area is 101 Å². The number of carboxylic acids is 1. The molecule has 0 aliphatic carbocycles. The number of rotatable bonds is 10. The number of carbonyl (C=O) groups is 2. The summed E-state index contributed by atoms with van der Waals surface area (Å²) in [6.07, 6.45) is 8.75. The number of amides is 2. The van der Waals surface area contributed by atoms with Crippen molar-refractivity contribution < 1.29 is 14.7 Å². The number of hydrogen-bond donors (Lipinski definition) is 3. The number of aliphatic carboxylic acids is 1. The lowest BCUT2D eigenvalue weighted by molar-refractivity contribution is -0.137. The first-order valence-corrected chi connectivity index (χ1v) is 5.91. The van der Waals surface area contributed by atoms with Crippen LogP contribution in [0.4, 0.5) is 4.79 Å². The van der Waals surface area contributed by atoms with E-state index in [1.807, 2.05) is 0 Å². The third-order valence-corrected chi connectivity index (χ3v) is 2.24. The van der Waals surface area contributed by atoms with Crippen LogP contribution in [0.1, 0.15) is 51.4 Å². The number of nitrogens with zero attached hydrogens (tertiary/aromatic N) is 1. The zero-order chi connectivity index (χ0) is 12.9. The normalized spacial score (nSPS) is 10.6. The van der Waals surface area contributed by atoms with E-state index in [1.54, 1.807) is 6.21 Å². The van der Waals surface area contributed by atoms with Gasteiger partial charge in [-0.15, -0.1) is 0 Å². The van der Waals surface area contributed by atoms with Crippen LogP contribution in [0.5, 0.6) is 0 Å². The summed E-state index contributed by atoms with van der Waals surface area (Å²) in [6.45, 7) is 0. The van der Waals surface area contributed by atoms with Crippen molar-refractivity contribution in [3.63, 3.8) is 0 Å². The molecular weight excluding hydrogens is 222 g/mol. The molecule has 0 rings (SSSR count). The number of carbonyl (C=O) groups excluding carboxylic acids is 1. The van der Waals surface area contributed by atoms with E-state index < -0.39 is 12.0 Å². The zero-order valence-corrected chi connectivity index (χ0v) is 10.0. The molecule has 0 aromatic carbocycles. The first-order valence-electron chi connectivity index (χ1n) is 5.91. The van der Waals surface area contributed by atoms with Crippen LogP contribution in [0.15, 0.2) is 5.10 Å². The van der Waals surface area contributed by atoms with Gasteiger partial charge in [-0.2, -0.15) is 5.10 Å². The number of hydrazone groups is 1. The Morgan fingerprint density at radius 1 is 1.12 bits per heavy atom. The lowest BCUT2D eigenvalue weighted by Crippen LogP contribution is -2.24. The maximum absolute atomic E-state index is 10.2. The van der Waals surface area contributed by atoms with E-state index in [9.17, 15) is 9.59 Å². The van der Waals surface area contributed by atoms with E-state index >= 15 is 0 Å². The standard InChI is InChI=1S/C11H21N3O3/c12-11(17)14-13-9-7-5-3-1-2-4-6-8-10(15)16/h9H,1-8H2,(H,15,16)(H3,12,14,17). The molecule has 0 saturated carbocycles. The molecular formula is C11H21N3O3. The first kappa shape index (κ1) is 15.4. The minimum atomic E-state index is -0.719. The number of unbranched alkanes of at least 4 members (excludes halogenated alkanes) is 6. The fourth-order valence-corrected chi connectivity index (χ4v) is 1.39. The van der Waals surface area contributed by atoms with Crippen molar-refractivity contribution >= 4 is 18.2 Å². The van der Waals surface area contributed by atoms with Crippen molar-refractivity contribution in [2.45, 2.75) is 51.4 Å². The second kappa shape index (κ2) is 10.9. The first-order chi connectivity index (χ1) is 8.13. The van der Waals surface area contributed by atoms with Crippen LogP contribution in [0.2, 0.25) is 0 Å². The van der Waals surface area contributed by atoms with Gasteiger partial charge in [0.15, 0.2) is 0 Å². The number of carboxylic acid groups (broad SMARTS) is 1. The Morgan fingerprint density at radius 3 is 2.29 bits per heavy atom. The average Bonchev–Trinajstić information content (AvgIpc) is 2.25. The molecule has 0 aliphatic rings. The predicted octanol–water partition coefficient (Wildman–Crippen LogP) is 1.85. The summed E-state index contributed by atoms with van der Waals surface area (Å²) in [5.74, 6) is -0.719. The molecule has 0 aromatic heterocycles. The molecule has 0 fully saturated rings. The van der Waals surface area contributed by atoms with Crippen LogP contribution in [-0.2, 0) is 4.79 Å². The molecule has 2 amide bonds. The summed E-state index contributed by atoms with van der Waals surface area (Å²) in [7, 11) is 0. The van der Waals surface area contributed by atoms with Gasteiger partial charge in [-0.25, -0.2) is 10.2 Å². The maximum Gasteiger partial charge on any atom is 0.332 e. The Morgan fingerprint density at radius 2 is 1.71 bits per heavy atom. The van der Waals surface area contributed by atoms with Gasteiger partial charge in [-0.3, -0.25) is 4.79 Å². The van der Waals surface area contributed by atoms with Crippen molar-refractivity contribution in [1.82, 2.24) is 5.43 Å². The van der Waals surface area contributed by atoms with E-state index in [0.29, 0.717) is 0 Å². The highest BCUT2D eigenvalue weighted by Gasteiger charge is 1.96. The molecule has 0 saturated heterocycles. The van der Waals surface area contributed by atoms with Crippen LogP contribution in [-0.4, -0.2) is 23.3 Å². The third-order valence-electron chi connectivity index (χ3n) is 2.24. The Kier molecular flexibility index (Phi) is 9.89. The van der Waals surface area contributed by atoms with E-state index in [4.69, 9.17) is 10.8 Å². The number of nitrogens with one attached hydrogen (secondary N) is 1. The summed E-state index contributed by atoms with van der Waals surface area (Å²) in [5.41, 5.74) is 6.94. The molecule has 0 aliphatic heterocycles. The molecule has 0 atom stereocenters. The SMILES string of the molecule is NC(=O)NN=CCCCCCCCCC(=O)O. The van der Waals surface area contributed by atoms with Crippen LogP contribution in [0, 0.1) is 0 Å². The van der Waals surface area contributed by atoms with E-state index in [-0.39, 0.29) is 6.42 Å². The molecule has 98 valence electrons. The lowest BCUT2D eigenvalue weighted by atomic mass is 10.1. The number of primary amides is 1. The second-order valence-corrected chi connectivity index (χ2v) is 3.84. The highest BCUT2D eigenvalue weighted by atomic mass is 16.4. The quantitative estimate of drug-likeness (QED) is 0.310. The molecule has 0 aromatic rings. The van der Waals surface area contributed by atoms with Gasteiger partial charge in [0.1, 0.15) is 0 Å². The van der Waals surface area contributed by atoms with Crippen LogP contribution in [0.3, 0.4) is 0 Å². The monoisotopic (exact) mass is 243 g/mol. The highest BCUT2D eigenvalue weighted by Crippen LogP contribution is 2.07. The molecule has 0 bridgehead atoms. The Hall–Kier alpha value is -1.59. The Bertz CT molecular complexity index is 254. The van der Waals surface area contributed by atoms with E-state index in [2.05, 4.69) is 10.5 Å². The fraction of sp³-hybridized carbons (Fsp3) is 0.727. The zero-order valence-electron chi connectivity index (χ0n) is 10.0. The molecule has 0 radical (unpaired) electrons. The minimum absolute atomic E-state index is 0.269. The van der Waals surface area contributed by atoms with Crippen molar-refractivity contribution in [3.8, 4) is 0 Å². The number of urea groups is 1. The molecule has 0 spiro atoms. The van der Waals surface area contributed by atoms with Crippen molar-refractivity contribution in [1.29, 1.82) is 0 Å². The maximum atomic E-state index is 10.2. The van der Waals surface area contributed by atoms with Gasteiger partial charge in [0.2, 0.25) is 0 Å². The van der Waals surface area contributed by atoms with Gasteiger partial charge in [0, 0.05) is 12.6 Å². The third kappa shape index (κ3) is 14.4. The summed E-state index contributed by atoms with van der Waals surface area (Å²) >= 11 is 0. The molecule has 0 heterocycles. The van der Waals surface area contributed by atoms with Crippen LogP contribution in [0.25, 0.3) is 0 Å². The minimum Gasteiger partial charge on any atom is -0.481 e. The summed E-state index contributed by atoms with van der Waals surface area (Å²) in [4.78, 5) is 20.5. The molecule has 0 unspecified atom stereocenters. The summed E-state index contributed by atoms with van der Waals surface area (Å²) < 4.78 is 0. The fourth-order valence-electron chi connectivity index (χ4n) is 1.39. The van der Waals surface area contributed by atoms with E-state index in [0.717, 1.165) is 44.9 Å². The second-order valence-electron chi connectivity index (χ2n) is 3.84. The summed E-state index contributed by atoms with van der Waals surface area (Å²) in [6, 6.07) is -0.653. The van der Waals surface area contributed by atoms with Gasteiger partial charge in [-0.1, -0.05) is 25.7 Å². The molecule has 6 nitrogen and oxygen atoms in total. The summed E-state index contributed by atoms with van der Waals surface area (Å²) in [5, 5.41) is 12.0. The molecule has 4 N–H and O–H groups in total. The topological polar surface area (TPSA) is 105 Å². The van der Waals surface area contributed by atoms with Gasteiger partial charge in [0.05, 0.1) is 0 Å². The Balaban J connectivity index is 3.11. The van der Waals surface area contributed by atoms with Crippen molar-refractivity contribution in [2.75, 3.05) is 0 Å². The number of hydrogen-bond acceptors (Lipinski definition) is 3. The van der Waals surface area contributed by atoms with Gasteiger partial charge >= 0.3 is 12.0 Å². The lowest BCUT2D eigenvalue weighted by Gasteiger charge is -1.99. The van der Waals surface area contributed by atoms with Gasteiger partial charge < -0.3 is 10.8 Å². The van der Waals surface area contributed by atoms with E-state index in [1.165, 1.54) is 0 Å². The van der Waals surface area contributed by atoms with Crippen LogP contribution < -0.4 is 11.2 Å². The highest BCUT2D eigenvalue weighted by molar-refractivity contribution is 5.72. The van der Waals surface area contributed by atoms with Gasteiger partial charge in [-0.05, 0) is 19.3 Å². The largest absolute Gasteiger partial charge is 0.481 e. The van der Waals surface area contributed by atoms with Gasteiger partial charge in [0.25, 0.3) is 0 Å². The average molecular weight is 243 g/mol. The predicted molar refractivity (Wildman–Crippen MR) is 65.8 cm³/mol. The smallest absolute Gasteiger partial charge is 0.332 e. The van der Waals surface area contributed by atoms with Crippen LogP contribution >= 0.6 is 0 Å².